The molecular formula is C17H20N4O2S. The maximum Gasteiger partial charge on any atom is 0.270 e. The summed E-state index contributed by atoms with van der Waals surface area (Å²) in [5.41, 5.74) is 3.26. The highest BCUT2D eigenvalue weighted by Crippen LogP contribution is 2.41. The maximum absolute atomic E-state index is 12.2. The maximum atomic E-state index is 12.2. The molecule has 7 heteroatoms. The van der Waals surface area contributed by atoms with E-state index in [1.165, 1.54) is 11.3 Å². The Balaban J connectivity index is 1.40. The summed E-state index contributed by atoms with van der Waals surface area (Å²) in [6, 6.07) is 6.01. The molecule has 2 aliphatic rings. The van der Waals surface area contributed by atoms with Gasteiger partial charge in [-0.2, -0.15) is 0 Å². The van der Waals surface area contributed by atoms with Crippen molar-refractivity contribution in [3.63, 3.8) is 0 Å². The lowest BCUT2D eigenvalue weighted by Crippen LogP contribution is -2.43. The van der Waals surface area contributed by atoms with E-state index in [0.29, 0.717) is 24.8 Å². The fourth-order valence-corrected chi connectivity index (χ4v) is 4.24. The highest BCUT2D eigenvalue weighted by atomic mass is 32.1. The zero-order valence-corrected chi connectivity index (χ0v) is 14.2. The SMILES string of the molecule is O=C(NC[C@@]12COC[C@@H]1CN(Cc1ccccn1)C2)c1cscn1. The van der Waals surface area contributed by atoms with Gasteiger partial charge in [-0.05, 0) is 12.1 Å². The van der Waals surface area contributed by atoms with Crippen molar-refractivity contribution in [1.29, 1.82) is 0 Å². The Hall–Kier alpha value is -1.83. The van der Waals surface area contributed by atoms with Crippen LogP contribution < -0.4 is 5.32 Å². The minimum absolute atomic E-state index is 0.000458. The zero-order valence-electron chi connectivity index (χ0n) is 13.4. The Morgan fingerprint density at radius 1 is 1.46 bits per heavy atom. The normalized spacial score (nSPS) is 26.4. The van der Waals surface area contributed by atoms with E-state index < -0.39 is 0 Å². The fourth-order valence-electron chi connectivity index (χ4n) is 3.71. The number of likely N-dealkylation sites (tertiary alicyclic amines) is 1. The van der Waals surface area contributed by atoms with Crippen molar-refractivity contribution in [1.82, 2.24) is 20.2 Å². The molecule has 1 N–H and O–H groups in total. The third-order valence-corrected chi connectivity index (χ3v) is 5.56. The van der Waals surface area contributed by atoms with Gasteiger partial charge in [0.1, 0.15) is 5.69 Å². The molecule has 24 heavy (non-hydrogen) atoms. The van der Waals surface area contributed by atoms with Crippen LogP contribution in [0.2, 0.25) is 0 Å². The van der Waals surface area contributed by atoms with Gasteiger partial charge in [-0.15, -0.1) is 11.3 Å². The first-order valence-electron chi connectivity index (χ1n) is 8.12. The Kier molecular flexibility index (Phi) is 4.30. The van der Waals surface area contributed by atoms with Crippen LogP contribution in [0.4, 0.5) is 0 Å². The first kappa shape index (κ1) is 15.7. The number of nitrogens with one attached hydrogen (secondary N) is 1. The summed E-state index contributed by atoms with van der Waals surface area (Å²) in [4.78, 5) is 23.1. The molecule has 0 saturated carbocycles. The smallest absolute Gasteiger partial charge is 0.270 e. The average molecular weight is 344 g/mol. The molecule has 0 aliphatic carbocycles. The van der Waals surface area contributed by atoms with E-state index in [2.05, 4.69) is 26.3 Å². The monoisotopic (exact) mass is 344 g/mol. The number of amides is 1. The minimum atomic E-state index is -0.0977. The number of thiazole rings is 1. The quantitative estimate of drug-likeness (QED) is 0.888. The average Bonchev–Trinajstić information content (AvgIpc) is 3.29. The van der Waals surface area contributed by atoms with E-state index in [1.54, 1.807) is 10.9 Å². The van der Waals surface area contributed by atoms with Crippen LogP contribution in [0, 0.1) is 11.3 Å². The van der Waals surface area contributed by atoms with Crippen molar-refractivity contribution in [3.05, 3.63) is 46.7 Å². The van der Waals surface area contributed by atoms with Gasteiger partial charge in [0.25, 0.3) is 5.91 Å². The van der Waals surface area contributed by atoms with Crippen LogP contribution >= 0.6 is 11.3 Å². The Labute approximate surface area is 144 Å². The second-order valence-corrected chi connectivity index (χ2v) is 7.34. The van der Waals surface area contributed by atoms with Crippen molar-refractivity contribution in [2.45, 2.75) is 6.54 Å². The van der Waals surface area contributed by atoms with Crippen LogP contribution in [-0.4, -0.2) is 53.6 Å². The van der Waals surface area contributed by atoms with Crippen LogP contribution in [-0.2, 0) is 11.3 Å². The van der Waals surface area contributed by atoms with Crippen LogP contribution in [0.25, 0.3) is 0 Å². The lowest BCUT2D eigenvalue weighted by atomic mass is 9.81. The molecule has 126 valence electrons. The van der Waals surface area contributed by atoms with Gasteiger partial charge in [-0.3, -0.25) is 14.7 Å². The van der Waals surface area contributed by atoms with Crippen molar-refractivity contribution in [3.8, 4) is 0 Å². The second kappa shape index (κ2) is 6.58. The van der Waals surface area contributed by atoms with Crippen LogP contribution in [0.1, 0.15) is 16.2 Å². The van der Waals surface area contributed by atoms with Gasteiger partial charge in [0.2, 0.25) is 0 Å². The van der Waals surface area contributed by atoms with Crippen LogP contribution in [0.5, 0.6) is 0 Å². The van der Waals surface area contributed by atoms with Gasteiger partial charge < -0.3 is 10.1 Å². The van der Waals surface area contributed by atoms with Crippen molar-refractivity contribution in [2.24, 2.45) is 11.3 Å². The topological polar surface area (TPSA) is 67.3 Å². The van der Waals surface area contributed by atoms with E-state index >= 15 is 0 Å². The summed E-state index contributed by atoms with van der Waals surface area (Å²) in [6.07, 6.45) is 1.83. The molecule has 4 heterocycles. The number of ether oxygens (including phenoxy) is 1. The number of carbonyl (C=O) groups is 1. The molecule has 1 amide bonds. The first-order valence-corrected chi connectivity index (χ1v) is 9.06. The Bertz CT molecular complexity index is 694. The number of carbonyl (C=O) groups excluding carboxylic acids is 1. The summed E-state index contributed by atoms with van der Waals surface area (Å²) in [6.45, 7) is 4.86. The van der Waals surface area contributed by atoms with E-state index in [1.807, 2.05) is 18.3 Å². The van der Waals surface area contributed by atoms with Gasteiger partial charge in [-0.25, -0.2) is 4.98 Å². The molecule has 2 fully saturated rings. The molecule has 0 spiro atoms. The van der Waals surface area contributed by atoms with Crippen molar-refractivity contribution < 1.29 is 9.53 Å². The van der Waals surface area contributed by atoms with Gasteiger partial charge in [0, 0.05) is 49.1 Å². The van der Waals surface area contributed by atoms with Gasteiger partial charge in [0.05, 0.1) is 24.4 Å². The summed E-state index contributed by atoms with van der Waals surface area (Å²) < 4.78 is 5.73. The number of fused-ring (bicyclic) bond motifs is 1. The molecule has 0 bridgehead atoms. The largest absolute Gasteiger partial charge is 0.380 e. The lowest BCUT2D eigenvalue weighted by molar-refractivity contribution is 0.0900. The summed E-state index contributed by atoms with van der Waals surface area (Å²) >= 11 is 1.43. The third kappa shape index (κ3) is 3.07. The molecule has 2 aromatic heterocycles. The highest BCUT2D eigenvalue weighted by molar-refractivity contribution is 7.07. The Morgan fingerprint density at radius 2 is 2.42 bits per heavy atom. The van der Waals surface area contributed by atoms with Gasteiger partial charge >= 0.3 is 0 Å². The first-order chi connectivity index (χ1) is 11.8. The number of pyridine rings is 1. The molecule has 2 atom stereocenters. The predicted octanol–water partition coefficient (Wildman–Crippen LogP) is 1.42. The fraction of sp³-hybridized carbons (Fsp3) is 0.471. The molecule has 0 aromatic carbocycles. The van der Waals surface area contributed by atoms with Crippen LogP contribution in [0.15, 0.2) is 35.3 Å². The summed E-state index contributed by atoms with van der Waals surface area (Å²) in [5, 5.41) is 4.83. The zero-order chi connectivity index (χ0) is 16.4. The van der Waals surface area contributed by atoms with E-state index in [0.717, 1.165) is 31.9 Å². The molecule has 0 radical (unpaired) electrons. The minimum Gasteiger partial charge on any atom is -0.380 e. The summed E-state index contributed by atoms with van der Waals surface area (Å²) in [5.74, 6) is 0.358. The lowest BCUT2D eigenvalue weighted by Gasteiger charge is -2.27. The van der Waals surface area contributed by atoms with Crippen molar-refractivity contribution >= 4 is 17.2 Å². The molecule has 6 nitrogen and oxygen atoms in total. The molecule has 2 aliphatic heterocycles. The van der Waals surface area contributed by atoms with E-state index in [4.69, 9.17) is 4.74 Å². The molecule has 2 saturated heterocycles. The van der Waals surface area contributed by atoms with E-state index in [9.17, 15) is 4.79 Å². The standard InChI is InChI=1S/C17H20N4O2S/c22-16(15-8-24-12-20-15)19-9-17-10-21(5-13(17)7-23-11-17)6-14-3-1-2-4-18-14/h1-4,8,12-13H,5-7,9-11H2,(H,19,22)/t13-,17+/m0/s1. The summed E-state index contributed by atoms with van der Waals surface area (Å²) in [7, 11) is 0. The molecule has 0 unspecified atom stereocenters. The van der Waals surface area contributed by atoms with Crippen LogP contribution in [0.3, 0.4) is 0 Å². The van der Waals surface area contributed by atoms with Gasteiger partial charge in [-0.1, -0.05) is 6.07 Å². The van der Waals surface area contributed by atoms with E-state index in [-0.39, 0.29) is 11.3 Å². The molecule has 2 aromatic rings. The predicted molar refractivity (Wildman–Crippen MR) is 90.7 cm³/mol. The number of hydrogen-bond donors (Lipinski definition) is 1. The molecule has 4 rings (SSSR count). The highest BCUT2D eigenvalue weighted by Gasteiger charge is 2.50. The number of hydrogen-bond acceptors (Lipinski definition) is 6. The number of rotatable bonds is 5. The number of aromatic nitrogens is 2. The second-order valence-electron chi connectivity index (χ2n) is 6.62. The molecular weight excluding hydrogens is 324 g/mol. The Morgan fingerprint density at radius 3 is 3.21 bits per heavy atom. The number of nitrogens with zero attached hydrogens (tertiary/aromatic N) is 3. The van der Waals surface area contributed by atoms with Crippen molar-refractivity contribution in [2.75, 3.05) is 32.8 Å². The third-order valence-electron chi connectivity index (χ3n) is 4.97. The van der Waals surface area contributed by atoms with Gasteiger partial charge in [0.15, 0.2) is 0 Å².